The van der Waals surface area contributed by atoms with Crippen LogP contribution in [0, 0.1) is 6.92 Å². The lowest BCUT2D eigenvalue weighted by Gasteiger charge is -2.35. The molecule has 3 aromatic rings. The molecule has 4 rings (SSSR count). The average Bonchev–Trinajstić information content (AvgIpc) is 3.11. The summed E-state index contributed by atoms with van der Waals surface area (Å²) in [5, 5.41) is 14.7. The molecule has 146 valence electrons. The summed E-state index contributed by atoms with van der Waals surface area (Å²) in [6, 6.07) is 7.91. The number of aromatic nitrogens is 3. The highest BCUT2D eigenvalue weighted by atomic mass is 16.5. The fourth-order valence-electron chi connectivity index (χ4n) is 3.67. The molecule has 0 atom stereocenters. The molecule has 0 radical (unpaired) electrons. The van der Waals surface area contributed by atoms with Gasteiger partial charge in [0.05, 0.1) is 30.9 Å². The van der Waals surface area contributed by atoms with Crippen LogP contribution in [0.5, 0.6) is 5.75 Å². The highest BCUT2D eigenvalue weighted by Gasteiger charge is 2.24. The van der Waals surface area contributed by atoms with E-state index in [1.807, 2.05) is 48.3 Å². The molecule has 0 aliphatic carbocycles. The van der Waals surface area contributed by atoms with Crippen molar-refractivity contribution in [1.82, 2.24) is 19.7 Å². The summed E-state index contributed by atoms with van der Waals surface area (Å²) in [6.45, 7) is 4.98. The third-order valence-corrected chi connectivity index (χ3v) is 5.18. The van der Waals surface area contributed by atoms with Gasteiger partial charge in [-0.25, -0.2) is 14.5 Å². The predicted molar refractivity (Wildman–Crippen MR) is 106 cm³/mol. The van der Waals surface area contributed by atoms with Gasteiger partial charge in [0.25, 0.3) is 0 Å². The quantitative estimate of drug-likeness (QED) is 0.748. The van der Waals surface area contributed by atoms with Crippen LogP contribution in [0.1, 0.15) is 11.1 Å². The molecule has 1 aromatic carbocycles. The molecule has 1 aliphatic heterocycles. The first-order valence-corrected chi connectivity index (χ1v) is 9.23. The number of amides is 1. The highest BCUT2D eigenvalue weighted by molar-refractivity contribution is 5.91. The number of benzene rings is 1. The molecule has 28 heavy (non-hydrogen) atoms. The van der Waals surface area contributed by atoms with Crippen molar-refractivity contribution in [3.8, 4) is 5.75 Å². The topological polar surface area (TPSA) is 83.7 Å². The molecule has 8 nitrogen and oxygen atoms in total. The Hall–Kier alpha value is -3.29. The van der Waals surface area contributed by atoms with Crippen molar-refractivity contribution in [3.63, 3.8) is 0 Å². The van der Waals surface area contributed by atoms with Gasteiger partial charge in [-0.15, -0.1) is 0 Å². The number of anilines is 1. The molecule has 1 N–H and O–H groups in total. The fourth-order valence-corrected chi connectivity index (χ4v) is 3.67. The number of nitrogens with zero attached hydrogens (tertiary/aromatic N) is 5. The predicted octanol–water partition coefficient (Wildman–Crippen LogP) is 2.60. The Morgan fingerprint density at radius 3 is 2.50 bits per heavy atom. The smallest absolute Gasteiger partial charge is 0.407 e. The second-order valence-corrected chi connectivity index (χ2v) is 6.93. The maximum absolute atomic E-state index is 11.2. The summed E-state index contributed by atoms with van der Waals surface area (Å²) in [5.74, 6) is 0.825. The van der Waals surface area contributed by atoms with Crippen molar-refractivity contribution in [2.45, 2.75) is 13.5 Å². The number of ether oxygens (including phenoxy) is 1. The van der Waals surface area contributed by atoms with E-state index < -0.39 is 6.09 Å². The van der Waals surface area contributed by atoms with Gasteiger partial charge in [-0.05, 0) is 30.2 Å². The summed E-state index contributed by atoms with van der Waals surface area (Å²) in [5.41, 5.74) is 4.11. The summed E-state index contributed by atoms with van der Waals surface area (Å²) in [6.07, 6.45) is 2.87. The maximum Gasteiger partial charge on any atom is 0.407 e. The minimum atomic E-state index is -0.858. The van der Waals surface area contributed by atoms with Gasteiger partial charge in [0.1, 0.15) is 5.75 Å². The first kappa shape index (κ1) is 18.1. The molecule has 1 fully saturated rings. The van der Waals surface area contributed by atoms with Crippen molar-refractivity contribution < 1.29 is 14.6 Å². The molecule has 0 bridgehead atoms. The summed E-state index contributed by atoms with van der Waals surface area (Å²) in [7, 11) is 1.65. The van der Waals surface area contributed by atoms with E-state index in [4.69, 9.17) is 4.74 Å². The molecule has 1 saturated heterocycles. The van der Waals surface area contributed by atoms with E-state index >= 15 is 0 Å². The third-order valence-electron chi connectivity index (χ3n) is 5.18. The van der Waals surface area contributed by atoms with Crippen LogP contribution in [0.3, 0.4) is 0 Å². The third kappa shape index (κ3) is 3.33. The van der Waals surface area contributed by atoms with E-state index in [0.29, 0.717) is 32.7 Å². The van der Waals surface area contributed by atoms with E-state index in [-0.39, 0.29) is 0 Å². The standard InChI is InChI=1S/C20H23N5O3/c1-14-11-21-19-17(18(14)23-7-9-24(10-8-23)20(26)27)12-22-25(19)13-15-3-5-16(28-2)6-4-15/h3-6,11-12H,7-10,13H2,1-2H3,(H,26,27). The van der Waals surface area contributed by atoms with E-state index in [2.05, 4.69) is 15.0 Å². The SMILES string of the molecule is COc1ccc(Cn2ncc3c(N4CCN(C(=O)O)CC4)c(C)cnc32)cc1. The Morgan fingerprint density at radius 1 is 1.14 bits per heavy atom. The number of aryl methyl sites for hydroxylation is 1. The normalized spacial score (nSPS) is 14.5. The van der Waals surface area contributed by atoms with Crippen molar-refractivity contribution in [2.75, 3.05) is 38.2 Å². The Kier molecular flexibility index (Phi) is 4.77. The highest BCUT2D eigenvalue weighted by Crippen LogP contribution is 2.30. The molecule has 0 unspecified atom stereocenters. The Labute approximate surface area is 162 Å². The number of hydrogen-bond acceptors (Lipinski definition) is 5. The van der Waals surface area contributed by atoms with Crippen LogP contribution >= 0.6 is 0 Å². The van der Waals surface area contributed by atoms with Gasteiger partial charge in [-0.1, -0.05) is 12.1 Å². The van der Waals surface area contributed by atoms with Crippen molar-refractivity contribution >= 4 is 22.8 Å². The number of carbonyl (C=O) groups is 1. The van der Waals surface area contributed by atoms with E-state index in [9.17, 15) is 9.90 Å². The van der Waals surface area contributed by atoms with E-state index in [1.165, 1.54) is 4.90 Å². The zero-order chi connectivity index (χ0) is 19.7. The molecule has 2 aromatic heterocycles. The summed E-state index contributed by atoms with van der Waals surface area (Å²) in [4.78, 5) is 19.5. The Balaban J connectivity index is 1.62. The van der Waals surface area contributed by atoms with Gasteiger partial charge in [0, 0.05) is 32.4 Å². The van der Waals surface area contributed by atoms with Gasteiger partial charge < -0.3 is 19.6 Å². The second kappa shape index (κ2) is 7.38. The minimum Gasteiger partial charge on any atom is -0.497 e. The van der Waals surface area contributed by atoms with Gasteiger partial charge in [-0.2, -0.15) is 5.10 Å². The first-order valence-electron chi connectivity index (χ1n) is 9.23. The number of carboxylic acid groups (broad SMARTS) is 1. The lowest BCUT2D eigenvalue weighted by Crippen LogP contribution is -2.48. The van der Waals surface area contributed by atoms with Gasteiger partial charge in [0.15, 0.2) is 5.65 Å². The van der Waals surface area contributed by atoms with Crippen molar-refractivity contribution in [1.29, 1.82) is 0 Å². The number of rotatable bonds is 4. The monoisotopic (exact) mass is 381 g/mol. The van der Waals surface area contributed by atoms with Crippen LogP contribution in [0.2, 0.25) is 0 Å². The number of hydrogen-bond donors (Lipinski definition) is 1. The van der Waals surface area contributed by atoms with Crippen LogP contribution in [0.4, 0.5) is 10.5 Å². The van der Waals surface area contributed by atoms with Crippen LogP contribution in [0.25, 0.3) is 11.0 Å². The molecule has 8 heteroatoms. The Morgan fingerprint density at radius 2 is 1.86 bits per heavy atom. The van der Waals surface area contributed by atoms with Crippen LogP contribution in [-0.2, 0) is 6.54 Å². The number of methoxy groups -OCH3 is 1. The minimum absolute atomic E-state index is 0.499. The van der Waals surface area contributed by atoms with E-state index in [1.54, 1.807) is 7.11 Å². The fraction of sp³-hybridized carbons (Fsp3) is 0.350. The largest absolute Gasteiger partial charge is 0.497 e. The second-order valence-electron chi connectivity index (χ2n) is 6.93. The molecular weight excluding hydrogens is 358 g/mol. The maximum atomic E-state index is 11.2. The number of pyridine rings is 1. The molecule has 0 saturated carbocycles. The van der Waals surface area contributed by atoms with Gasteiger partial charge in [0.2, 0.25) is 0 Å². The van der Waals surface area contributed by atoms with Crippen molar-refractivity contribution in [2.24, 2.45) is 0 Å². The van der Waals surface area contributed by atoms with Gasteiger partial charge in [-0.3, -0.25) is 0 Å². The molecule has 0 spiro atoms. The number of piperazine rings is 1. The summed E-state index contributed by atoms with van der Waals surface area (Å²) < 4.78 is 7.11. The Bertz CT molecular complexity index is 991. The number of fused-ring (bicyclic) bond motifs is 1. The molecular formula is C20H23N5O3. The molecule has 3 heterocycles. The van der Waals surface area contributed by atoms with Gasteiger partial charge >= 0.3 is 6.09 Å². The van der Waals surface area contributed by atoms with Crippen LogP contribution < -0.4 is 9.64 Å². The zero-order valence-electron chi connectivity index (χ0n) is 16.0. The van der Waals surface area contributed by atoms with Crippen molar-refractivity contribution in [3.05, 3.63) is 47.8 Å². The lowest BCUT2D eigenvalue weighted by molar-refractivity contribution is 0.142. The summed E-state index contributed by atoms with van der Waals surface area (Å²) >= 11 is 0. The van der Waals surface area contributed by atoms with Crippen LogP contribution in [-0.4, -0.2) is 64.2 Å². The van der Waals surface area contributed by atoms with E-state index in [0.717, 1.165) is 33.6 Å². The average molecular weight is 381 g/mol. The molecule has 1 amide bonds. The molecule has 1 aliphatic rings. The first-order chi connectivity index (χ1) is 13.6. The van der Waals surface area contributed by atoms with Crippen LogP contribution in [0.15, 0.2) is 36.7 Å². The zero-order valence-corrected chi connectivity index (χ0v) is 16.0. The lowest BCUT2D eigenvalue weighted by atomic mass is 10.1.